The monoisotopic (exact) mass is 284 g/mol. The summed E-state index contributed by atoms with van der Waals surface area (Å²) in [4.78, 5) is 12.1. The van der Waals surface area contributed by atoms with E-state index in [2.05, 4.69) is 44.3 Å². The molecule has 0 amide bonds. The van der Waals surface area contributed by atoms with Gasteiger partial charge in [-0.05, 0) is 50.1 Å². The van der Waals surface area contributed by atoms with Crippen LogP contribution in [0.25, 0.3) is 0 Å². The lowest BCUT2D eigenvalue weighted by atomic mass is 9.98. The van der Waals surface area contributed by atoms with Crippen LogP contribution in [-0.2, 0) is 6.54 Å². The van der Waals surface area contributed by atoms with Crippen LogP contribution in [0.5, 0.6) is 0 Å². The van der Waals surface area contributed by atoms with E-state index in [-0.39, 0.29) is 11.6 Å². The van der Waals surface area contributed by atoms with Gasteiger partial charge >= 0.3 is 0 Å². The molecule has 1 N–H and O–H groups in total. The molecule has 1 unspecified atom stereocenters. The average Bonchev–Trinajstić information content (AvgIpc) is 2.44. The van der Waals surface area contributed by atoms with Crippen molar-refractivity contribution in [3.8, 4) is 0 Å². The maximum Gasteiger partial charge on any atom is 0.250 e. The molecule has 2 aromatic rings. The quantitative estimate of drug-likeness (QED) is 0.915. The Bertz CT molecular complexity index is 673. The second-order valence-corrected chi connectivity index (χ2v) is 5.66. The number of aromatic nitrogens is 1. The summed E-state index contributed by atoms with van der Waals surface area (Å²) in [7, 11) is 0. The normalized spacial score (nSPS) is 12.4. The largest absolute Gasteiger partial charge is 0.314 e. The number of rotatable bonds is 5. The van der Waals surface area contributed by atoms with Crippen LogP contribution in [0, 0.1) is 20.8 Å². The lowest BCUT2D eigenvalue weighted by Gasteiger charge is -2.22. The third-order valence-corrected chi connectivity index (χ3v) is 3.79. The van der Waals surface area contributed by atoms with E-state index in [4.69, 9.17) is 0 Å². The van der Waals surface area contributed by atoms with Crippen LogP contribution in [0.3, 0.4) is 0 Å². The Labute approximate surface area is 126 Å². The van der Waals surface area contributed by atoms with Crippen molar-refractivity contribution in [3.05, 3.63) is 69.1 Å². The minimum atomic E-state index is 0.0585. The Hall–Kier alpha value is -1.87. The Balaban J connectivity index is 2.35. The van der Waals surface area contributed by atoms with Crippen LogP contribution in [0.2, 0.25) is 0 Å². The van der Waals surface area contributed by atoms with Gasteiger partial charge in [-0.25, -0.2) is 0 Å². The van der Waals surface area contributed by atoms with E-state index in [0.717, 1.165) is 12.1 Å². The number of pyridine rings is 1. The Kier molecular flexibility index (Phi) is 4.97. The zero-order valence-electron chi connectivity index (χ0n) is 13.3. The summed E-state index contributed by atoms with van der Waals surface area (Å²) in [5.41, 5.74) is 4.83. The van der Waals surface area contributed by atoms with E-state index in [9.17, 15) is 4.79 Å². The zero-order valence-corrected chi connectivity index (χ0v) is 13.3. The Morgan fingerprint density at radius 3 is 2.48 bits per heavy atom. The second-order valence-electron chi connectivity index (χ2n) is 5.66. The van der Waals surface area contributed by atoms with Crippen molar-refractivity contribution in [2.24, 2.45) is 0 Å². The van der Waals surface area contributed by atoms with Crippen molar-refractivity contribution in [2.75, 3.05) is 6.54 Å². The van der Waals surface area contributed by atoms with Crippen molar-refractivity contribution in [2.45, 2.75) is 40.3 Å². The van der Waals surface area contributed by atoms with Gasteiger partial charge in [-0.3, -0.25) is 4.79 Å². The highest BCUT2D eigenvalue weighted by Gasteiger charge is 2.14. The molecule has 0 radical (unpaired) electrons. The average molecular weight is 284 g/mol. The first kappa shape index (κ1) is 15.5. The van der Waals surface area contributed by atoms with Gasteiger partial charge in [0.05, 0.1) is 6.04 Å². The molecule has 3 heteroatoms. The van der Waals surface area contributed by atoms with Crippen molar-refractivity contribution >= 4 is 0 Å². The molecule has 21 heavy (non-hydrogen) atoms. The Morgan fingerprint density at radius 1 is 1.10 bits per heavy atom. The second kappa shape index (κ2) is 6.72. The highest BCUT2D eigenvalue weighted by molar-refractivity contribution is 5.33. The first-order valence-corrected chi connectivity index (χ1v) is 7.49. The number of aryl methyl sites for hydroxylation is 3. The molecule has 1 aromatic heterocycles. The van der Waals surface area contributed by atoms with Crippen LogP contribution in [0.4, 0.5) is 0 Å². The van der Waals surface area contributed by atoms with Crippen LogP contribution < -0.4 is 10.9 Å². The molecule has 0 bridgehead atoms. The highest BCUT2D eigenvalue weighted by atomic mass is 16.1. The molecule has 112 valence electrons. The smallest absolute Gasteiger partial charge is 0.250 e. The van der Waals surface area contributed by atoms with Gasteiger partial charge in [0.15, 0.2) is 0 Å². The fraction of sp³-hybridized carbons (Fsp3) is 0.389. The number of hydrogen-bond acceptors (Lipinski definition) is 2. The molecular formula is C18H24N2O. The van der Waals surface area contributed by atoms with Crippen molar-refractivity contribution in [1.82, 2.24) is 9.88 Å². The fourth-order valence-electron chi connectivity index (χ4n) is 2.61. The van der Waals surface area contributed by atoms with Crippen LogP contribution in [0.1, 0.15) is 35.2 Å². The van der Waals surface area contributed by atoms with E-state index >= 15 is 0 Å². The summed E-state index contributed by atoms with van der Waals surface area (Å²) in [6.07, 6.45) is 1.88. The molecule has 0 saturated heterocycles. The van der Waals surface area contributed by atoms with E-state index in [1.54, 1.807) is 10.6 Å². The van der Waals surface area contributed by atoms with E-state index in [0.29, 0.717) is 6.54 Å². The first-order valence-electron chi connectivity index (χ1n) is 7.49. The molecule has 1 heterocycles. The van der Waals surface area contributed by atoms with Gasteiger partial charge in [-0.1, -0.05) is 30.7 Å². The summed E-state index contributed by atoms with van der Waals surface area (Å²) in [6, 6.07) is 10.3. The minimum absolute atomic E-state index is 0.0585. The molecule has 0 saturated carbocycles. The lowest BCUT2D eigenvalue weighted by Crippen LogP contribution is -2.30. The van der Waals surface area contributed by atoms with Crippen LogP contribution in [0.15, 0.2) is 41.3 Å². The lowest BCUT2D eigenvalue weighted by molar-refractivity contribution is 0.465. The molecule has 2 rings (SSSR count). The summed E-state index contributed by atoms with van der Waals surface area (Å²) in [5.74, 6) is 0. The maximum absolute atomic E-state index is 12.1. The van der Waals surface area contributed by atoms with Crippen molar-refractivity contribution in [3.63, 3.8) is 0 Å². The van der Waals surface area contributed by atoms with E-state index in [1.165, 1.54) is 16.7 Å². The molecule has 0 aliphatic rings. The van der Waals surface area contributed by atoms with Gasteiger partial charge < -0.3 is 9.88 Å². The summed E-state index contributed by atoms with van der Waals surface area (Å²) >= 11 is 0. The van der Waals surface area contributed by atoms with Gasteiger partial charge in [0.1, 0.15) is 0 Å². The van der Waals surface area contributed by atoms with Crippen molar-refractivity contribution in [1.29, 1.82) is 0 Å². The van der Waals surface area contributed by atoms with Gasteiger partial charge in [0.25, 0.3) is 5.56 Å². The molecule has 0 aliphatic carbocycles. The van der Waals surface area contributed by atoms with Gasteiger partial charge in [0, 0.05) is 18.8 Å². The molecule has 0 aliphatic heterocycles. The molecule has 1 atom stereocenters. The predicted molar refractivity (Wildman–Crippen MR) is 87.8 cm³/mol. The first-order chi connectivity index (χ1) is 10.0. The molecule has 0 fully saturated rings. The number of hydrogen-bond donors (Lipinski definition) is 1. The van der Waals surface area contributed by atoms with Gasteiger partial charge in [0.2, 0.25) is 0 Å². The van der Waals surface area contributed by atoms with Crippen molar-refractivity contribution < 1.29 is 0 Å². The van der Waals surface area contributed by atoms with E-state index in [1.807, 2.05) is 19.2 Å². The molecule has 1 aromatic carbocycles. The standard InChI is InChI=1S/C18H24N2O/c1-5-19-17(16-10-13(2)6-7-15(16)4)12-20-9-8-14(3)11-18(20)21/h6-11,17,19H,5,12H2,1-4H3. The summed E-state index contributed by atoms with van der Waals surface area (Å²) < 4.78 is 1.78. The molecule has 0 spiro atoms. The summed E-state index contributed by atoms with van der Waals surface area (Å²) in [5, 5.41) is 3.50. The zero-order chi connectivity index (χ0) is 15.4. The van der Waals surface area contributed by atoms with Crippen LogP contribution >= 0.6 is 0 Å². The maximum atomic E-state index is 12.1. The fourth-order valence-corrected chi connectivity index (χ4v) is 2.61. The number of likely N-dealkylation sites (N-methyl/N-ethyl adjacent to an activating group) is 1. The van der Waals surface area contributed by atoms with Crippen LogP contribution in [-0.4, -0.2) is 11.1 Å². The predicted octanol–water partition coefficient (Wildman–Crippen LogP) is 3.12. The third-order valence-electron chi connectivity index (χ3n) is 3.79. The molecular weight excluding hydrogens is 260 g/mol. The number of benzene rings is 1. The molecule has 3 nitrogen and oxygen atoms in total. The summed E-state index contributed by atoms with van der Waals surface area (Å²) in [6.45, 7) is 9.78. The topological polar surface area (TPSA) is 34.0 Å². The number of nitrogens with zero attached hydrogens (tertiary/aromatic N) is 1. The SMILES string of the molecule is CCNC(Cn1ccc(C)cc1=O)c1cc(C)ccc1C. The third kappa shape index (κ3) is 3.82. The van der Waals surface area contributed by atoms with Gasteiger partial charge in [-0.2, -0.15) is 0 Å². The van der Waals surface area contributed by atoms with Gasteiger partial charge in [-0.15, -0.1) is 0 Å². The number of nitrogens with one attached hydrogen (secondary N) is 1. The van der Waals surface area contributed by atoms with E-state index < -0.39 is 0 Å². The Morgan fingerprint density at radius 2 is 1.81 bits per heavy atom. The highest BCUT2D eigenvalue weighted by Crippen LogP contribution is 2.20. The minimum Gasteiger partial charge on any atom is -0.314 e.